The van der Waals surface area contributed by atoms with Crippen LogP contribution in [0.2, 0.25) is 0 Å². The summed E-state index contributed by atoms with van der Waals surface area (Å²) in [4.78, 5) is 0.959. The van der Waals surface area contributed by atoms with Crippen molar-refractivity contribution in [3.63, 3.8) is 0 Å². The monoisotopic (exact) mass is 236 g/mol. The Balaban J connectivity index is 3.02. The molecule has 1 atom stereocenters. The summed E-state index contributed by atoms with van der Waals surface area (Å²) in [6, 6.07) is 0. The molecular weight excluding hydrogens is 224 g/mol. The molecule has 0 aliphatic carbocycles. The molecule has 1 aliphatic rings. The summed E-state index contributed by atoms with van der Waals surface area (Å²) in [5, 5.41) is 19.7. The SMILES string of the molecule is CN(C)C1(C(F)(F)F)C=CC(B(O)O)=CN1. The van der Waals surface area contributed by atoms with Gasteiger partial charge in [-0.25, -0.2) is 0 Å². The third-order valence-electron chi connectivity index (χ3n) is 2.41. The highest BCUT2D eigenvalue weighted by molar-refractivity contribution is 6.51. The standard InChI is InChI=1S/C8H12BF3N2O2/c1-14(2)7(8(10,11)12)4-3-6(5-13-7)9(15)16/h3-5,13,15-16H,1-2H3. The third-order valence-corrected chi connectivity index (χ3v) is 2.41. The van der Waals surface area contributed by atoms with E-state index >= 15 is 0 Å². The van der Waals surface area contributed by atoms with Crippen LogP contribution in [0.3, 0.4) is 0 Å². The molecule has 0 aromatic heterocycles. The van der Waals surface area contributed by atoms with Crippen molar-refractivity contribution in [3.8, 4) is 0 Å². The van der Waals surface area contributed by atoms with E-state index in [1.54, 1.807) is 0 Å². The molecular formula is C8H12BF3N2O2. The van der Waals surface area contributed by atoms with Crippen molar-refractivity contribution in [2.75, 3.05) is 14.1 Å². The van der Waals surface area contributed by atoms with E-state index in [2.05, 4.69) is 5.32 Å². The van der Waals surface area contributed by atoms with Gasteiger partial charge in [-0.2, -0.15) is 13.2 Å². The lowest BCUT2D eigenvalue weighted by molar-refractivity contribution is -0.215. The van der Waals surface area contributed by atoms with Gasteiger partial charge in [-0.05, 0) is 31.8 Å². The van der Waals surface area contributed by atoms with Crippen molar-refractivity contribution in [1.82, 2.24) is 10.2 Å². The van der Waals surface area contributed by atoms with Gasteiger partial charge < -0.3 is 15.4 Å². The molecule has 0 amide bonds. The van der Waals surface area contributed by atoms with Crippen molar-refractivity contribution in [3.05, 3.63) is 23.8 Å². The number of allylic oxidation sites excluding steroid dienone is 2. The minimum atomic E-state index is -4.52. The zero-order valence-corrected chi connectivity index (χ0v) is 8.78. The molecule has 4 nitrogen and oxygen atoms in total. The first-order valence-electron chi connectivity index (χ1n) is 4.48. The van der Waals surface area contributed by atoms with Gasteiger partial charge in [0.2, 0.25) is 5.66 Å². The molecule has 0 saturated carbocycles. The van der Waals surface area contributed by atoms with Crippen molar-refractivity contribution in [2.24, 2.45) is 0 Å². The van der Waals surface area contributed by atoms with Crippen LogP contribution < -0.4 is 5.32 Å². The predicted octanol–water partition coefficient (Wildman–Crippen LogP) is -0.138. The molecule has 1 unspecified atom stereocenters. The maximum atomic E-state index is 12.9. The minimum Gasteiger partial charge on any atom is -0.423 e. The Labute approximate surface area is 91.2 Å². The second-order valence-electron chi connectivity index (χ2n) is 3.65. The van der Waals surface area contributed by atoms with E-state index < -0.39 is 19.0 Å². The van der Waals surface area contributed by atoms with E-state index in [1.165, 1.54) is 14.1 Å². The van der Waals surface area contributed by atoms with Gasteiger partial charge in [0.05, 0.1) is 0 Å². The number of hydrogen-bond donors (Lipinski definition) is 3. The highest BCUT2D eigenvalue weighted by Crippen LogP contribution is 2.35. The van der Waals surface area contributed by atoms with E-state index in [-0.39, 0.29) is 5.47 Å². The van der Waals surface area contributed by atoms with Gasteiger partial charge in [0.25, 0.3) is 0 Å². The molecule has 8 heteroatoms. The molecule has 1 heterocycles. The summed E-state index contributed by atoms with van der Waals surface area (Å²) in [6.45, 7) is 0. The zero-order valence-electron chi connectivity index (χ0n) is 8.78. The molecule has 90 valence electrons. The fraction of sp³-hybridized carbons (Fsp3) is 0.500. The van der Waals surface area contributed by atoms with E-state index in [1.807, 2.05) is 0 Å². The molecule has 0 spiro atoms. The van der Waals surface area contributed by atoms with E-state index in [0.29, 0.717) is 0 Å². The molecule has 0 bridgehead atoms. The molecule has 0 fully saturated rings. The number of hydrogen-bond acceptors (Lipinski definition) is 4. The highest BCUT2D eigenvalue weighted by atomic mass is 19.4. The number of likely N-dealkylation sites (N-methyl/N-ethyl adjacent to an activating group) is 1. The van der Waals surface area contributed by atoms with E-state index in [9.17, 15) is 13.2 Å². The Kier molecular flexibility index (Phi) is 3.37. The maximum absolute atomic E-state index is 12.9. The Hall–Kier alpha value is -0.985. The first-order chi connectivity index (χ1) is 7.21. The lowest BCUT2D eigenvalue weighted by Gasteiger charge is -2.40. The van der Waals surface area contributed by atoms with Crippen molar-refractivity contribution in [1.29, 1.82) is 0 Å². The number of halogens is 3. The van der Waals surface area contributed by atoms with Crippen LogP contribution in [-0.4, -0.2) is 48.0 Å². The summed E-state index contributed by atoms with van der Waals surface area (Å²) >= 11 is 0. The van der Waals surface area contributed by atoms with Crippen LogP contribution in [0.1, 0.15) is 0 Å². The largest absolute Gasteiger partial charge is 0.489 e. The summed E-state index contributed by atoms with van der Waals surface area (Å²) < 4.78 is 38.6. The van der Waals surface area contributed by atoms with E-state index in [0.717, 1.165) is 23.3 Å². The average Bonchev–Trinajstić information content (AvgIpc) is 2.15. The van der Waals surface area contributed by atoms with Crippen LogP contribution in [0.4, 0.5) is 13.2 Å². The van der Waals surface area contributed by atoms with Gasteiger partial charge in [-0.15, -0.1) is 0 Å². The fourth-order valence-corrected chi connectivity index (χ4v) is 1.38. The summed E-state index contributed by atoms with van der Waals surface area (Å²) in [5.41, 5.74) is -2.34. The third kappa shape index (κ3) is 2.09. The van der Waals surface area contributed by atoms with Crippen LogP contribution in [0, 0.1) is 0 Å². The van der Waals surface area contributed by atoms with Crippen LogP contribution in [0.25, 0.3) is 0 Å². The Morgan fingerprint density at radius 2 is 1.94 bits per heavy atom. The molecule has 1 rings (SSSR count). The summed E-state index contributed by atoms with van der Waals surface area (Å²) in [6.07, 6.45) is -1.69. The van der Waals surface area contributed by atoms with Crippen LogP contribution in [-0.2, 0) is 0 Å². The Morgan fingerprint density at radius 3 is 2.19 bits per heavy atom. The average molecular weight is 236 g/mol. The second-order valence-corrected chi connectivity index (χ2v) is 3.65. The molecule has 16 heavy (non-hydrogen) atoms. The molecule has 1 aliphatic heterocycles. The van der Waals surface area contributed by atoms with Crippen molar-refractivity contribution in [2.45, 2.75) is 11.8 Å². The van der Waals surface area contributed by atoms with Gasteiger partial charge >= 0.3 is 13.3 Å². The lowest BCUT2D eigenvalue weighted by atomic mass is 9.78. The zero-order chi connectivity index (χ0) is 12.6. The fourth-order valence-electron chi connectivity index (χ4n) is 1.38. The Morgan fingerprint density at radius 1 is 1.38 bits per heavy atom. The normalized spacial score (nSPS) is 25.4. The topological polar surface area (TPSA) is 55.7 Å². The number of dihydropyridines is 1. The molecule has 0 saturated heterocycles. The predicted molar refractivity (Wildman–Crippen MR) is 53.0 cm³/mol. The van der Waals surface area contributed by atoms with Gasteiger partial charge in [0, 0.05) is 0 Å². The van der Waals surface area contributed by atoms with Gasteiger partial charge in [0.1, 0.15) is 0 Å². The molecule has 0 radical (unpaired) electrons. The molecule has 0 aromatic carbocycles. The number of alkyl halides is 3. The lowest BCUT2D eigenvalue weighted by Crippen LogP contribution is -2.63. The van der Waals surface area contributed by atoms with Crippen molar-refractivity contribution >= 4 is 7.12 Å². The number of rotatable bonds is 2. The number of nitrogens with zero attached hydrogens (tertiary/aromatic N) is 1. The second kappa shape index (κ2) is 4.12. The van der Waals surface area contributed by atoms with Gasteiger partial charge in [-0.3, -0.25) is 4.90 Å². The first kappa shape index (κ1) is 13.1. The summed E-state index contributed by atoms with van der Waals surface area (Å²) in [7, 11) is 0.759. The highest BCUT2D eigenvalue weighted by Gasteiger charge is 2.55. The maximum Gasteiger partial charge on any atom is 0.489 e. The van der Waals surface area contributed by atoms with Crippen LogP contribution in [0.15, 0.2) is 23.8 Å². The van der Waals surface area contributed by atoms with E-state index in [4.69, 9.17) is 10.0 Å². The smallest absolute Gasteiger partial charge is 0.423 e. The summed E-state index contributed by atoms with van der Waals surface area (Å²) in [5.74, 6) is 0. The number of nitrogens with one attached hydrogen (secondary N) is 1. The Bertz CT molecular complexity index is 328. The first-order valence-corrected chi connectivity index (χ1v) is 4.48. The van der Waals surface area contributed by atoms with Crippen LogP contribution >= 0.6 is 0 Å². The van der Waals surface area contributed by atoms with Crippen LogP contribution in [0.5, 0.6) is 0 Å². The van der Waals surface area contributed by atoms with Gasteiger partial charge in [0.15, 0.2) is 0 Å². The van der Waals surface area contributed by atoms with Gasteiger partial charge in [-0.1, -0.05) is 6.08 Å². The molecule has 3 N–H and O–H groups in total. The quantitative estimate of drug-likeness (QED) is 0.584. The minimum absolute atomic E-state index is 0.0262. The molecule has 0 aromatic rings. The van der Waals surface area contributed by atoms with Crippen molar-refractivity contribution < 1.29 is 23.2 Å².